The zero-order valence-electron chi connectivity index (χ0n) is 10.9. The average Bonchev–Trinajstić information content (AvgIpc) is 2.43. The molecule has 0 aliphatic heterocycles. The van der Waals surface area contributed by atoms with Gasteiger partial charge in [-0.15, -0.1) is 0 Å². The van der Waals surface area contributed by atoms with Crippen LogP contribution in [0.4, 0.5) is 0 Å². The molecule has 114 valence electrons. The Labute approximate surface area is 116 Å². The molecule has 0 fully saturated rings. The molecule has 0 aliphatic rings. The first kappa shape index (κ1) is 18.2. The minimum atomic E-state index is -0.827. The molecule has 0 aromatic heterocycles. The van der Waals surface area contributed by atoms with E-state index in [4.69, 9.17) is 25.5 Å². The summed E-state index contributed by atoms with van der Waals surface area (Å²) in [5.41, 5.74) is 0. The SMILES string of the molecule is N=COC(=O)/C=C/C(=O)OCCOCCOCCON. The molecule has 0 aromatic carbocycles. The highest BCUT2D eigenvalue weighted by Crippen LogP contribution is 1.86. The number of hydrogen-bond donors (Lipinski definition) is 2. The lowest BCUT2D eigenvalue weighted by atomic mass is 10.5. The number of ether oxygens (including phenoxy) is 4. The average molecular weight is 290 g/mol. The van der Waals surface area contributed by atoms with Gasteiger partial charge in [-0.25, -0.2) is 15.5 Å². The molecule has 0 aliphatic carbocycles. The number of rotatable bonds is 12. The fourth-order valence-corrected chi connectivity index (χ4v) is 0.912. The van der Waals surface area contributed by atoms with Crippen molar-refractivity contribution < 1.29 is 33.4 Å². The highest BCUT2D eigenvalue weighted by atomic mass is 16.6. The van der Waals surface area contributed by atoms with Crippen LogP contribution in [0.15, 0.2) is 12.2 Å². The predicted octanol–water partition coefficient (Wildman–Crippen LogP) is -0.840. The molecule has 3 N–H and O–H groups in total. The molecule has 0 rings (SSSR count). The lowest BCUT2D eigenvalue weighted by Crippen LogP contribution is -2.14. The van der Waals surface area contributed by atoms with Crippen molar-refractivity contribution >= 4 is 18.3 Å². The lowest BCUT2D eigenvalue weighted by Gasteiger charge is -2.05. The Morgan fingerprint density at radius 2 is 1.45 bits per heavy atom. The van der Waals surface area contributed by atoms with Crippen LogP contribution in [0.1, 0.15) is 0 Å². The van der Waals surface area contributed by atoms with E-state index in [9.17, 15) is 9.59 Å². The molecule has 0 amide bonds. The Morgan fingerprint density at radius 1 is 0.900 bits per heavy atom. The molecule has 0 bridgehead atoms. The maximum absolute atomic E-state index is 11.1. The van der Waals surface area contributed by atoms with Crippen LogP contribution < -0.4 is 5.90 Å². The first-order chi connectivity index (χ1) is 9.70. The standard InChI is InChI=1S/C11H18N2O7/c12-9-19-11(15)2-1-10(14)18-7-5-16-3-4-17-6-8-20-13/h1-2,9,12H,3-8,13H2/b2-1+,12-9?. The third kappa shape index (κ3) is 12.6. The summed E-state index contributed by atoms with van der Waals surface area (Å²) in [6.07, 6.45) is 2.23. The molecule has 0 saturated carbocycles. The summed E-state index contributed by atoms with van der Waals surface area (Å²) in [4.78, 5) is 26.1. The van der Waals surface area contributed by atoms with Gasteiger partial charge in [0.2, 0.25) is 0 Å². The van der Waals surface area contributed by atoms with Crippen molar-refractivity contribution in [3.8, 4) is 0 Å². The predicted molar refractivity (Wildman–Crippen MR) is 66.8 cm³/mol. The van der Waals surface area contributed by atoms with Crippen molar-refractivity contribution in [2.75, 3.05) is 39.6 Å². The van der Waals surface area contributed by atoms with Gasteiger partial charge in [0.15, 0.2) is 6.40 Å². The Hall–Kier alpha value is -1.81. The van der Waals surface area contributed by atoms with Crippen LogP contribution in [0.2, 0.25) is 0 Å². The Bertz CT molecular complexity index is 320. The molecule has 9 heteroatoms. The normalized spacial score (nSPS) is 10.4. The zero-order chi connectivity index (χ0) is 15.1. The molecule has 20 heavy (non-hydrogen) atoms. The molecule has 0 radical (unpaired) electrons. The number of esters is 2. The first-order valence-corrected chi connectivity index (χ1v) is 5.72. The largest absolute Gasteiger partial charge is 0.460 e. The van der Waals surface area contributed by atoms with Crippen LogP contribution in [0, 0.1) is 5.41 Å². The van der Waals surface area contributed by atoms with Gasteiger partial charge in [0.25, 0.3) is 0 Å². The van der Waals surface area contributed by atoms with E-state index < -0.39 is 11.9 Å². The van der Waals surface area contributed by atoms with Gasteiger partial charge in [-0.1, -0.05) is 0 Å². The summed E-state index contributed by atoms with van der Waals surface area (Å²) < 4.78 is 19.0. The van der Waals surface area contributed by atoms with E-state index >= 15 is 0 Å². The number of carbonyl (C=O) groups excluding carboxylic acids is 2. The number of carbonyl (C=O) groups is 2. The fourth-order valence-electron chi connectivity index (χ4n) is 0.912. The van der Waals surface area contributed by atoms with Crippen molar-refractivity contribution in [3.05, 3.63) is 12.2 Å². The third-order valence-corrected chi connectivity index (χ3v) is 1.72. The van der Waals surface area contributed by atoms with Crippen LogP contribution in [0.25, 0.3) is 0 Å². The van der Waals surface area contributed by atoms with Crippen LogP contribution in [-0.4, -0.2) is 58.0 Å². The zero-order valence-corrected chi connectivity index (χ0v) is 10.9. The molecule has 0 aromatic rings. The van der Waals surface area contributed by atoms with Crippen molar-refractivity contribution in [2.24, 2.45) is 5.90 Å². The van der Waals surface area contributed by atoms with E-state index in [0.29, 0.717) is 32.8 Å². The highest BCUT2D eigenvalue weighted by Gasteiger charge is 2.00. The van der Waals surface area contributed by atoms with Crippen LogP contribution in [0.3, 0.4) is 0 Å². The molecule has 9 nitrogen and oxygen atoms in total. The highest BCUT2D eigenvalue weighted by molar-refractivity contribution is 5.93. The van der Waals surface area contributed by atoms with Gasteiger partial charge >= 0.3 is 11.9 Å². The Morgan fingerprint density at radius 3 is 2.05 bits per heavy atom. The molecule has 0 atom stereocenters. The smallest absolute Gasteiger partial charge is 0.337 e. The second-order valence-electron chi connectivity index (χ2n) is 3.15. The maximum atomic E-state index is 11.1. The van der Waals surface area contributed by atoms with Crippen molar-refractivity contribution in [1.29, 1.82) is 5.41 Å². The lowest BCUT2D eigenvalue weighted by molar-refractivity contribution is -0.140. The van der Waals surface area contributed by atoms with Gasteiger partial charge in [0.05, 0.1) is 33.0 Å². The van der Waals surface area contributed by atoms with E-state index in [1.54, 1.807) is 0 Å². The maximum Gasteiger partial charge on any atom is 0.337 e. The molecule has 0 spiro atoms. The van der Waals surface area contributed by atoms with E-state index in [-0.39, 0.29) is 13.2 Å². The summed E-state index contributed by atoms with van der Waals surface area (Å²) in [6.45, 7) is 1.68. The minimum Gasteiger partial charge on any atom is -0.460 e. The quantitative estimate of drug-likeness (QED) is 0.119. The van der Waals surface area contributed by atoms with Crippen LogP contribution in [0.5, 0.6) is 0 Å². The first-order valence-electron chi connectivity index (χ1n) is 5.72. The van der Waals surface area contributed by atoms with Crippen molar-refractivity contribution in [1.82, 2.24) is 0 Å². The molecule has 0 saturated heterocycles. The fraction of sp³-hybridized carbons (Fsp3) is 0.545. The van der Waals surface area contributed by atoms with Gasteiger partial charge in [-0.3, -0.25) is 5.41 Å². The molecular formula is C11H18N2O7. The monoisotopic (exact) mass is 290 g/mol. The third-order valence-electron chi connectivity index (χ3n) is 1.72. The van der Waals surface area contributed by atoms with Crippen LogP contribution in [-0.2, 0) is 33.4 Å². The topological polar surface area (TPSA) is 130 Å². The molecular weight excluding hydrogens is 272 g/mol. The van der Waals surface area contributed by atoms with Crippen molar-refractivity contribution in [2.45, 2.75) is 0 Å². The van der Waals surface area contributed by atoms with Gasteiger partial charge < -0.3 is 23.8 Å². The van der Waals surface area contributed by atoms with Crippen LogP contribution >= 0.6 is 0 Å². The van der Waals surface area contributed by atoms with E-state index in [1.807, 2.05) is 0 Å². The number of nitrogens with two attached hydrogens (primary N) is 1. The second-order valence-corrected chi connectivity index (χ2v) is 3.15. The Balaban J connectivity index is 3.39. The minimum absolute atomic E-state index is 0.0503. The van der Waals surface area contributed by atoms with Gasteiger partial charge in [0, 0.05) is 12.2 Å². The molecule has 0 heterocycles. The van der Waals surface area contributed by atoms with E-state index in [1.165, 1.54) is 0 Å². The van der Waals surface area contributed by atoms with Gasteiger partial charge in [-0.05, 0) is 0 Å². The number of nitrogens with one attached hydrogen (secondary N) is 1. The Kier molecular flexibility index (Phi) is 12.4. The molecule has 0 unspecified atom stereocenters. The summed E-state index contributed by atoms with van der Waals surface area (Å²) >= 11 is 0. The summed E-state index contributed by atoms with van der Waals surface area (Å²) in [6, 6.07) is 0. The van der Waals surface area contributed by atoms with Crippen molar-refractivity contribution in [3.63, 3.8) is 0 Å². The van der Waals surface area contributed by atoms with E-state index in [0.717, 1.165) is 12.2 Å². The van der Waals surface area contributed by atoms with E-state index in [2.05, 4.69) is 9.57 Å². The van der Waals surface area contributed by atoms with Gasteiger partial charge in [-0.2, -0.15) is 0 Å². The second kappa shape index (κ2) is 13.6. The van der Waals surface area contributed by atoms with Gasteiger partial charge in [0.1, 0.15) is 6.61 Å². The summed E-state index contributed by atoms with van der Waals surface area (Å²) in [7, 11) is 0. The summed E-state index contributed by atoms with van der Waals surface area (Å²) in [5, 5.41) is 6.49. The number of hydrogen-bond acceptors (Lipinski definition) is 9. The summed E-state index contributed by atoms with van der Waals surface area (Å²) in [5.74, 6) is 3.26.